The third-order valence-electron chi connectivity index (χ3n) is 4.07. The van der Waals surface area contributed by atoms with Crippen molar-refractivity contribution in [1.29, 1.82) is 0 Å². The third kappa shape index (κ3) is 3.10. The lowest BCUT2D eigenvalue weighted by atomic mass is 9.94. The molecule has 2 aromatic carbocycles. The van der Waals surface area contributed by atoms with E-state index >= 15 is 0 Å². The van der Waals surface area contributed by atoms with Crippen LogP contribution in [0.25, 0.3) is 22.4 Å². The van der Waals surface area contributed by atoms with Crippen molar-refractivity contribution in [1.82, 2.24) is 9.78 Å². The number of nitrogens with zero attached hydrogens (tertiary/aromatic N) is 2. The minimum Gasteiger partial charge on any atom is -0.365 e. The van der Waals surface area contributed by atoms with Gasteiger partial charge < -0.3 is 5.73 Å². The summed E-state index contributed by atoms with van der Waals surface area (Å²) in [4.78, 5) is 11.8. The summed E-state index contributed by atoms with van der Waals surface area (Å²) in [5.41, 5.74) is 1.86. The summed E-state index contributed by atoms with van der Waals surface area (Å²) < 4.78 is 81.8. The van der Waals surface area contributed by atoms with Gasteiger partial charge >= 0.3 is 6.18 Å². The van der Waals surface area contributed by atoms with Gasteiger partial charge in [0.1, 0.15) is 0 Å². The van der Waals surface area contributed by atoms with Gasteiger partial charge in [-0.1, -0.05) is 24.3 Å². The van der Waals surface area contributed by atoms with Crippen molar-refractivity contribution in [2.75, 3.05) is 0 Å². The van der Waals surface area contributed by atoms with E-state index < -0.39 is 46.4 Å². The van der Waals surface area contributed by atoms with Gasteiger partial charge in [-0.05, 0) is 17.7 Å². The normalized spacial score (nSPS) is 11.7. The molecule has 0 fully saturated rings. The van der Waals surface area contributed by atoms with Crippen LogP contribution >= 0.6 is 0 Å². The summed E-state index contributed by atoms with van der Waals surface area (Å²) in [5.74, 6) is -6.07. The molecule has 0 spiro atoms. The first kappa shape index (κ1) is 19.5. The molecule has 146 valence electrons. The Hall–Kier alpha value is -3.30. The first-order chi connectivity index (χ1) is 13.0. The van der Waals surface area contributed by atoms with Gasteiger partial charge in [0.05, 0.1) is 11.3 Å². The smallest absolute Gasteiger partial charge is 0.365 e. The Bertz CT molecular complexity index is 1090. The van der Waals surface area contributed by atoms with Crippen LogP contribution in [0, 0.1) is 17.5 Å². The minimum absolute atomic E-state index is 0.0632. The van der Waals surface area contributed by atoms with Crippen LogP contribution in [0.5, 0.6) is 0 Å². The van der Waals surface area contributed by atoms with Gasteiger partial charge in [-0.25, -0.2) is 13.2 Å². The average molecular weight is 399 g/mol. The summed E-state index contributed by atoms with van der Waals surface area (Å²) in [6.07, 6.45) is -4.97. The maximum absolute atomic E-state index is 14.3. The summed E-state index contributed by atoms with van der Waals surface area (Å²) in [7, 11) is 1.15. The summed E-state index contributed by atoms with van der Waals surface area (Å²) >= 11 is 0. The molecule has 1 aromatic heterocycles. The van der Waals surface area contributed by atoms with Gasteiger partial charge in [0, 0.05) is 18.2 Å². The Morgan fingerprint density at radius 1 is 0.964 bits per heavy atom. The molecule has 3 aromatic rings. The van der Waals surface area contributed by atoms with Crippen LogP contribution in [-0.4, -0.2) is 15.7 Å². The molecule has 10 heteroatoms. The average Bonchev–Trinajstić information content (AvgIpc) is 2.98. The SMILES string of the molecule is Cn1nc(C(F)(F)F)c(C(N)=O)c1-c1ccccc1-c1ccc(F)c(F)c1F. The molecule has 0 saturated heterocycles. The standard InChI is InChI=1S/C18H11F6N3O/c1-27-15(12(17(25)28)16(26-27)18(22,23)24)10-5-3-2-4-8(10)9-6-7-11(19)14(21)13(9)20/h2-7H,1H3,(H2,25,28). The number of aryl methyl sites for hydroxylation is 1. The largest absolute Gasteiger partial charge is 0.435 e. The quantitative estimate of drug-likeness (QED) is 0.528. The van der Waals surface area contributed by atoms with E-state index in [9.17, 15) is 31.1 Å². The van der Waals surface area contributed by atoms with Crippen molar-refractivity contribution in [2.24, 2.45) is 12.8 Å². The second kappa shape index (κ2) is 6.70. The predicted octanol–water partition coefficient (Wildman–Crippen LogP) is 4.29. The Labute approximate surface area is 154 Å². The molecule has 0 unspecified atom stereocenters. The Morgan fingerprint density at radius 2 is 1.57 bits per heavy atom. The van der Waals surface area contributed by atoms with Crippen LogP contribution in [-0.2, 0) is 13.2 Å². The Kier molecular flexibility index (Phi) is 4.66. The van der Waals surface area contributed by atoms with E-state index in [0.717, 1.165) is 17.8 Å². The van der Waals surface area contributed by atoms with Crippen LogP contribution in [0.3, 0.4) is 0 Å². The highest BCUT2D eigenvalue weighted by atomic mass is 19.4. The van der Waals surface area contributed by atoms with E-state index in [1.54, 1.807) is 0 Å². The maximum Gasteiger partial charge on any atom is 0.435 e. The van der Waals surface area contributed by atoms with Gasteiger partial charge in [-0.3, -0.25) is 9.48 Å². The van der Waals surface area contributed by atoms with Crippen molar-refractivity contribution in [3.05, 3.63) is 65.1 Å². The Balaban J connectivity index is 2.36. The highest BCUT2D eigenvalue weighted by Crippen LogP contribution is 2.40. The molecule has 3 rings (SSSR count). The van der Waals surface area contributed by atoms with Crippen molar-refractivity contribution >= 4 is 5.91 Å². The zero-order valence-corrected chi connectivity index (χ0v) is 14.1. The summed E-state index contributed by atoms with van der Waals surface area (Å²) in [6.45, 7) is 0. The number of alkyl halides is 3. The molecule has 4 nitrogen and oxygen atoms in total. The monoisotopic (exact) mass is 399 g/mol. The zero-order chi connectivity index (χ0) is 20.8. The third-order valence-corrected chi connectivity index (χ3v) is 4.07. The van der Waals surface area contributed by atoms with E-state index in [4.69, 9.17) is 5.73 Å². The van der Waals surface area contributed by atoms with Crippen molar-refractivity contribution in [3.63, 3.8) is 0 Å². The molecular formula is C18H11F6N3O. The van der Waals surface area contributed by atoms with Gasteiger partial charge in [0.15, 0.2) is 23.1 Å². The number of carbonyl (C=O) groups is 1. The number of rotatable bonds is 3. The topological polar surface area (TPSA) is 60.9 Å². The first-order valence-corrected chi connectivity index (χ1v) is 7.71. The lowest BCUT2D eigenvalue weighted by Crippen LogP contribution is -2.18. The van der Waals surface area contributed by atoms with Gasteiger partial charge in [0.2, 0.25) is 0 Å². The highest BCUT2D eigenvalue weighted by molar-refractivity contribution is 6.02. The fourth-order valence-corrected chi connectivity index (χ4v) is 2.92. The lowest BCUT2D eigenvalue weighted by Gasteiger charge is -2.13. The van der Waals surface area contributed by atoms with E-state index in [1.807, 2.05) is 0 Å². The van der Waals surface area contributed by atoms with E-state index in [-0.39, 0.29) is 16.8 Å². The molecule has 0 aliphatic carbocycles. The number of nitrogens with two attached hydrogens (primary N) is 1. The van der Waals surface area contributed by atoms with Gasteiger partial charge in [0.25, 0.3) is 5.91 Å². The second-order valence-electron chi connectivity index (χ2n) is 5.83. The van der Waals surface area contributed by atoms with E-state index in [2.05, 4.69) is 5.10 Å². The van der Waals surface area contributed by atoms with Crippen LogP contribution in [0.2, 0.25) is 0 Å². The molecule has 2 N–H and O–H groups in total. The number of hydrogen-bond donors (Lipinski definition) is 1. The molecule has 0 radical (unpaired) electrons. The lowest BCUT2D eigenvalue weighted by molar-refractivity contribution is -0.141. The van der Waals surface area contributed by atoms with E-state index in [0.29, 0.717) is 6.07 Å². The predicted molar refractivity (Wildman–Crippen MR) is 87.5 cm³/mol. The van der Waals surface area contributed by atoms with Crippen molar-refractivity contribution < 1.29 is 31.1 Å². The molecule has 0 aliphatic heterocycles. The number of primary amides is 1. The molecular weight excluding hydrogens is 388 g/mol. The van der Waals surface area contributed by atoms with Crippen molar-refractivity contribution in [3.8, 4) is 22.4 Å². The number of amides is 1. The fraction of sp³-hybridized carbons (Fsp3) is 0.111. The molecule has 0 saturated carbocycles. The molecule has 1 heterocycles. The van der Waals surface area contributed by atoms with Crippen LogP contribution in [0.4, 0.5) is 26.3 Å². The zero-order valence-electron chi connectivity index (χ0n) is 14.1. The van der Waals surface area contributed by atoms with Gasteiger partial charge in [-0.2, -0.15) is 18.3 Å². The second-order valence-corrected chi connectivity index (χ2v) is 5.83. The van der Waals surface area contributed by atoms with Crippen LogP contribution in [0.15, 0.2) is 36.4 Å². The number of hydrogen-bond acceptors (Lipinski definition) is 2. The maximum atomic E-state index is 14.3. The number of benzene rings is 2. The first-order valence-electron chi connectivity index (χ1n) is 7.71. The van der Waals surface area contributed by atoms with Gasteiger partial charge in [-0.15, -0.1) is 0 Å². The summed E-state index contributed by atoms with van der Waals surface area (Å²) in [6, 6.07) is 7.05. The number of carbonyl (C=O) groups excluding carboxylic acids is 1. The van der Waals surface area contributed by atoms with Crippen molar-refractivity contribution in [2.45, 2.75) is 6.18 Å². The minimum atomic E-state index is -4.97. The van der Waals surface area contributed by atoms with Crippen LogP contribution < -0.4 is 5.73 Å². The molecule has 0 atom stereocenters. The van der Waals surface area contributed by atoms with Crippen LogP contribution in [0.1, 0.15) is 16.1 Å². The number of aromatic nitrogens is 2. The molecule has 0 aliphatic rings. The molecule has 0 bridgehead atoms. The molecule has 1 amide bonds. The highest BCUT2D eigenvalue weighted by Gasteiger charge is 2.41. The Morgan fingerprint density at radius 3 is 2.14 bits per heavy atom. The number of halogens is 6. The molecule has 28 heavy (non-hydrogen) atoms. The fourth-order valence-electron chi connectivity index (χ4n) is 2.92. The van der Waals surface area contributed by atoms with E-state index in [1.165, 1.54) is 24.3 Å². The summed E-state index contributed by atoms with van der Waals surface area (Å²) in [5, 5.41) is 3.33.